The van der Waals surface area contributed by atoms with Crippen molar-refractivity contribution in [2.45, 2.75) is 38.1 Å². The summed E-state index contributed by atoms with van der Waals surface area (Å²) in [7, 11) is -2.92. The second kappa shape index (κ2) is 6.92. The predicted octanol–water partition coefficient (Wildman–Crippen LogP) is 3.00. The average Bonchev–Trinajstić information content (AvgIpc) is 3.23. The molecular formula is C15H22ClNO2S. The van der Waals surface area contributed by atoms with Crippen LogP contribution in [0.15, 0.2) is 24.3 Å². The molecule has 2 rings (SSSR count). The predicted molar refractivity (Wildman–Crippen MR) is 84.2 cm³/mol. The lowest BCUT2D eigenvalue weighted by atomic mass is 9.96. The molecule has 3 nitrogen and oxygen atoms in total. The molecule has 0 aliphatic heterocycles. The van der Waals surface area contributed by atoms with Crippen molar-refractivity contribution >= 4 is 21.4 Å². The van der Waals surface area contributed by atoms with Crippen LogP contribution in [0.2, 0.25) is 5.02 Å². The van der Waals surface area contributed by atoms with E-state index >= 15 is 0 Å². The Bertz CT molecular complexity index is 541. The van der Waals surface area contributed by atoms with E-state index in [4.69, 9.17) is 11.6 Å². The van der Waals surface area contributed by atoms with Crippen LogP contribution >= 0.6 is 11.6 Å². The molecule has 20 heavy (non-hydrogen) atoms. The fraction of sp³-hybridized carbons (Fsp3) is 0.600. The number of nitrogens with one attached hydrogen (secondary N) is 1. The summed E-state index contributed by atoms with van der Waals surface area (Å²) >= 11 is 6.04. The van der Waals surface area contributed by atoms with Crippen LogP contribution in [0.5, 0.6) is 0 Å². The van der Waals surface area contributed by atoms with E-state index in [2.05, 4.69) is 5.32 Å². The van der Waals surface area contributed by atoms with Gasteiger partial charge in [-0.25, -0.2) is 8.42 Å². The maximum absolute atomic E-state index is 11.7. The van der Waals surface area contributed by atoms with Gasteiger partial charge in [0.2, 0.25) is 0 Å². The largest absolute Gasteiger partial charge is 0.313 e. The molecule has 0 heterocycles. The van der Waals surface area contributed by atoms with E-state index in [1.165, 1.54) is 12.8 Å². The summed E-state index contributed by atoms with van der Waals surface area (Å²) in [6, 6.07) is 8.37. The van der Waals surface area contributed by atoms with Crippen molar-refractivity contribution in [3.05, 3.63) is 34.9 Å². The third kappa shape index (κ3) is 5.08. The minimum atomic E-state index is -2.92. The van der Waals surface area contributed by atoms with Crippen LogP contribution in [-0.2, 0) is 9.84 Å². The summed E-state index contributed by atoms with van der Waals surface area (Å²) in [4.78, 5) is 0. The van der Waals surface area contributed by atoms with Crippen LogP contribution in [0.4, 0.5) is 0 Å². The van der Waals surface area contributed by atoms with Crippen LogP contribution in [0, 0.1) is 0 Å². The van der Waals surface area contributed by atoms with Gasteiger partial charge in [0.15, 0.2) is 0 Å². The molecule has 1 N–H and O–H groups in total. The number of benzene rings is 1. The summed E-state index contributed by atoms with van der Waals surface area (Å²) in [6.07, 6.45) is 3.11. The van der Waals surface area contributed by atoms with E-state index in [-0.39, 0.29) is 17.4 Å². The molecule has 112 valence electrons. The zero-order valence-electron chi connectivity index (χ0n) is 11.8. The van der Waals surface area contributed by atoms with Crippen LogP contribution in [0.1, 0.15) is 37.7 Å². The summed E-state index contributed by atoms with van der Waals surface area (Å²) in [5, 5.41) is 4.20. The van der Waals surface area contributed by atoms with Gasteiger partial charge < -0.3 is 5.32 Å². The van der Waals surface area contributed by atoms with Crippen molar-refractivity contribution in [2.24, 2.45) is 0 Å². The fourth-order valence-corrected chi connectivity index (χ4v) is 3.34. The Labute approximate surface area is 126 Å². The Morgan fingerprint density at radius 1 is 1.40 bits per heavy atom. The molecular weight excluding hydrogens is 294 g/mol. The number of halogens is 1. The third-order valence-electron chi connectivity index (χ3n) is 3.77. The van der Waals surface area contributed by atoms with E-state index in [9.17, 15) is 8.42 Å². The Morgan fingerprint density at radius 3 is 2.75 bits per heavy atom. The van der Waals surface area contributed by atoms with Gasteiger partial charge in [-0.2, -0.15) is 0 Å². The summed E-state index contributed by atoms with van der Waals surface area (Å²) in [5.74, 6) is 0.661. The van der Waals surface area contributed by atoms with Crippen molar-refractivity contribution in [1.82, 2.24) is 5.32 Å². The lowest BCUT2D eigenvalue weighted by Gasteiger charge is -2.18. The molecule has 0 saturated heterocycles. The highest BCUT2D eigenvalue weighted by Crippen LogP contribution is 2.25. The van der Waals surface area contributed by atoms with Crippen molar-refractivity contribution in [3.63, 3.8) is 0 Å². The van der Waals surface area contributed by atoms with Crippen molar-refractivity contribution in [1.29, 1.82) is 0 Å². The molecule has 1 aromatic carbocycles. The van der Waals surface area contributed by atoms with E-state index in [1.54, 1.807) is 6.92 Å². The zero-order chi connectivity index (χ0) is 14.6. The van der Waals surface area contributed by atoms with Crippen molar-refractivity contribution < 1.29 is 8.42 Å². The maximum atomic E-state index is 11.7. The topological polar surface area (TPSA) is 46.2 Å². The molecule has 1 aromatic rings. The van der Waals surface area contributed by atoms with Gasteiger partial charge in [-0.05, 0) is 42.9 Å². The molecule has 0 spiro atoms. The lowest BCUT2D eigenvalue weighted by Crippen LogP contribution is -2.25. The molecule has 1 atom stereocenters. The Kier molecular flexibility index (Phi) is 5.47. The van der Waals surface area contributed by atoms with Crippen LogP contribution < -0.4 is 5.32 Å². The van der Waals surface area contributed by atoms with Gasteiger partial charge in [0.1, 0.15) is 9.84 Å². The minimum absolute atomic E-state index is 0.204. The highest BCUT2D eigenvalue weighted by Gasteiger charge is 2.23. The molecule has 1 unspecified atom stereocenters. The molecule has 0 radical (unpaired) electrons. The monoisotopic (exact) mass is 315 g/mol. The first-order valence-electron chi connectivity index (χ1n) is 7.19. The molecule has 0 amide bonds. The third-order valence-corrected chi connectivity index (χ3v) is 5.74. The van der Waals surface area contributed by atoms with E-state index in [1.807, 2.05) is 24.3 Å². The molecule has 1 aliphatic rings. The maximum Gasteiger partial charge on any atom is 0.150 e. The number of sulfone groups is 1. The summed E-state index contributed by atoms with van der Waals surface area (Å²) in [6.45, 7) is 2.52. The molecule has 5 heteroatoms. The first kappa shape index (κ1) is 15.8. The standard InChI is InChI=1S/C15H22ClNO2S/c1-2-20(18,19)9-8-13(11-17-15-6-7-15)12-4-3-5-14(16)10-12/h3-5,10,13,15,17H,2,6-9,11H2,1H3. The Balaban J connectivity index is 2.03. The Morgan fingerprint density at radius 2 is 2.15 bits per heavy atom. The molecule has 1 saturated carbocycles. The highest BCUT2D eigenvalue weighted by atomic mass is 35.5. The summed E-state index contributed by atoms with van der Waals surface area (Å²) in [5.41, 5.74) is 1.12. The number of hydrogen-bond acceptors (Lipinski definition) is 3. The van der Waals surface area contributed by atoms with E-state index < -0.39 is 9.84 Å². The van der Waals surface area contributed by atoms with Crippen LogP contribution in [-0.4, -0.2) is 32.5 Å². The van der Waals surface area contributed by atoms with Crippen LogP contribution in [0.3, 0.4) is 0 Å². The SMILES string of the molecule is CCS(=O)(=O)CCC(CNC1CC1)c1cccc(Cl)c1. The van der Waals surface area contributed by atoms with Gasteiger partial charge in [0.05, 0.1) is 5.75 Å². The van der Waals surface area contributed by atoms with E-state index in [0.717, 1.165) is 12.1 Å². The highest BCUT2D eigenvalue weighted by molar-refractivity contribution is 7.91. The van der Waals surface area contributed by atoms with Gasteiger partial charge in [-0.15, -0.1) is 0 Å². The smallest absolute Gasteiger partial charge is 0.150 e. The molecule has 0 bridgehead atoms. The van der Waals surface area contributed by atoms with Crippen LogP contribution in [0.25, 0.3) is 0 Å². The van der Waals surface area contributed by atoms with Crippen molar-refractivity contribution in [3.8, 4) is 0 Å². The number of rotatable bonds is 8. The second-order valence-corrected chi connectivity index (χ2v) is 8.37. The number of hydrogen-bond donors (Lipinski definition) is 1. The van der Waals surface area contributed by atoms with Crippen molar-refractivity contribution in [2.75, 3.05) is 18.1 Å². The lowest BCUT2D eigenvalue weighted by molar-refractivity contribution is 0.554. The fourth-order valence-electron chi connectivity index (χ4n) is 2.21. The van der Waals surface area contributed by atoms with Gasteiger partial charge in [0.25, 0.3) is 0 Å². The quantitative estimate of drug-likeness (QED) is 0.802. The molecule has 1 fully saturated rings. The summed E-state index contributed by atoms with van der Waals surface area (Å²) < 4.78 is 23.4. The van der Waals surface area contributed by atoms with E-state index in [0.29, 0.717) is 17.5 Å². The van der Waals surface area contributed by atoms with Gasteiger partial charge >= 0.3 is 0 Å². The van der Waals surface area contributed by atoms with Gasteiger partial charge in [-0.1, -0.05) is 30.7 Å². The first-order valence-corrected chi connectivity index (χ1v) is 9.39. The normalized spacial score (nSPS) is 17.1. The molecule has 1 aliphatic carbocycles. The molecule has 0 aromatic heterocycles. The minimum Gasteiger partial charge on any atom is -0.313 e. The first-order chi connectivity index (χ1) is 9.50. The van der Waals surface area contributed by atoms with Gasteiger partial charge in [-0.3, -0.25) is 0 Å². The zero-order valence-corrected chi connectivity index (χ0v) is 13.4. The second-order valence-electron chi connectivity index (χ2n) is 5.46. The Hall–Kier alpha value is -0.580. The van der Waals surface area contributed by atoms with Gasteiger partial charge in [0, 0.05) is 23.4 Å². The average molecular weight is 316 g/mol.